The van der Waals surface area contributed by atoms with Crippen LogP contribution in [0.15, 0.2) is 49.6 Å². The average Bonchev–Trinajstić information content (AvgIpc) is 3.05. The van der Waals surface area contributed by atoms with Gasteiger partial charge in [-0.1, -0.05) is 35.9 Å². The summed E-state index contributed by atoms with van der Waals surface area (Å²) in [5.74, 6) is 0. The van der Waals surface area contributed by atoms with Crippen LogP contribution in [0.2, 0.25) is 5.02 Å². The van der Waals surface area contributed by atoms with Crippen LogP contribution in [0.3, 0.4) is 0 Å². The summed E-state index contributed by atoms with van der Waals surface area (Å²) in [5.41, 5.74) is 7.99. The van der Waals surface area contributed by atoms with Crippen LogP contribution < -0.4 is 5.73 Å². The fourth-order valence-electron chi connectivity index (χ4n) is 1.61. The SMILES string of the molecule is C=C.[2H]CF.[C-]#[N+]c1ccc(Cl)c(N)c1.[C-]#[N+]c1ccc2sc(=S)[nH]c2c1. The molecule has 3 N–H and O–H groups in total. The van der Waals surface area contributed by atoms with Gasteiger partial charge in [0.1, 0.15) is 0 Å². The number of thiazole rings is 1. The average molecular weight is 408 g/mol. The molecular formula is C18H16ClFN4S2. The molecule has 1 aromatic heterocycles. The van der Waals surface area contributed by atoms with E-state index in [9.17, 15) is 4.39 Å². The minimum Gasteiger partial charge on any atom is -0.399 e. The number of halogens is 2. The molecule has 0 fully saturated rings. The Morgan fingerprint density at radius 2 is 1.77 bits per heavy atom. The lowest BCUT2D eigenvalue weighted by molar-refractivity contribution is 0.636. The molecule has 0 unspecified atom stereocenters. The second-order valence-electron chi connectivity index (χ2n) is 4.12. The van der Waals surface area contributed by atoms with Crippen molar-refractivity contribution < 1.29 is 5.76 Å². The van der Waals surface area contributed by atoms with E-state index in [0.717, 1.165) is 14.2 Å². The smallest absolute Gasteiger partial charge is 0.189 e. The Bertz CT molecular complexity index is 1000. The standard InChI is InChI=1S/C8H4N2S2.C7H5ClN2.C2H4.CH3F/c1-9-5-2-3-7-6(4-5)10-8(11)12-7;1-10-5-2-3-6(8)7(9)4-5;2*1-2/h2-4H,(H,10,11);2-4H,9H2;1-2H2;1H3/i;;;1D. The van der Waals surface area contributed by atoms with Gasteiger partial charge in [-0.25, -0.2) is 9.69 Å². The first-order chi connectivity index (χ1) is 12.9. The molecule has 2 aromatic carbocycles. The molecule has 8 heteroatoms. The van der Waals surface area contributed by atoms with E-state index in [2.05, 4.69) is 27.8 Å². The minimum absolute atomic E-state index is 0.454. The van der Waals surface area contributed by atoms with Gasteiger partial charge in [-0.15, -0.1) is 24.5 Å². The first-order valence-corrected chi connectivity index (χ1v) is 8.33. The van der Waals surface area contributed by atoms with Gasteiger partial charge < -0.3 is 10.7 Å². The van der Waals surface area contributed by atoms with Crippen LogP contribution in [-0.2, 0) is 0 Å². The van der Waals surface area contributed by atoms with Crippen LogP contribution in [0.25, 0.3) is 19.9 Å². The molecule has 3 rings (SSSR count). The van der Waals surface area contributed by atoms with E-state index in [1.54, 1.807) is 24.3 Å². The van der Waals surface area contributed by atoms with E-state index in [0.29, 0.717) is 22.1 Å². The number of nitrogen functional groups attached to an aromatic ring is 1. The summed E-state index contributed by atoms with van der Waals surface area (Å²) >= 11 is 12.1. The number of anilines is 1. The molecule has 1 heterocycles. The van der Waals surface area contributed by atoms with Gasteiger partial charge in [-0.05, 0) is 24.4 Å². The van der Waals surface area contributed by atoms with E-state index >= 15 is 0 Å². The van der Waals surface area contributed by atoms with Gasteiger partial charge in [-0.2, -0.15) is 0 Å². The first kappa shape index (κ1) is 21.3. The van der Waals surface area contributed by atoms with E-state index in [-0.39, 0.29) is 0 Å². The van der Waals surface area contributed by atoms with Gasteiger partial charge in [0.2, 0.25) is 0 Å². The Hall–Kier alpha value is -2.71. The summed E-state index contributed by atoms with van der Waals surface area (Å²) in [4.78, 5) is 9.54. The first-order valence-electron chi connectivity index (χ1n) is 7.43. The quantitative estimate of drug-likeness (QED) is 0.177. The highest BCUT2D eigenvalue weighted by Gasteiger charge is 1.97. The number of alkyl halides is 1. The van der Waals surface area contributed by atoms with Crippen molar-refractivity contribution in [2.24, 2.45) is 0 Å². The summed E-state index contributed by atoms with van der Waals surface area (Å²) in [7, 11) is -1.00. The number of aromatic nitrogens is 1. The maximum atomic E-state index is 9.96. The molecule has 0 amide bonds. The molecule has 0 aliphatic rings. The molecule has 0 aliphatic heterocycles. The number of nitrogens with one attached hydrogen (secondary N) is 1. The molecule has 0 spiro atoms. The zero-order valence-electron chi connectivity index (χ0n) is 14.6. The molecular weight excluding hydrogens is 391 g/mol. The van der Waals surface area contributed by atoms with Crippen molar-refractivity contribution in [2.75, 3.05) is 12.9 Å². The molecule has 0 saturated heterocycles. The Morgan fingerprint density at radius 3 is 2.31 bits per heavy atom. The number of nitrogens with two attached hydrogens (primary N) is 1. The fraction of sp³-hybridized carbons (Fsp3) is 0.0556. The van der Waals surface area contributed by atoms with Crippen LogP contribution >= 0.6 is 35.2 Å². The van der Waals surface area contributed by atoms with Crippen molar-refractivity contribution >= 4 is 62.4 Å². The lowest BCUT2D eigenvalue weighted by atomic mass is 10.3. The maximum Gasteiger partial charge on any atom is 0.189 e. The van der Waals surface area contributed by atoms with Gasteiger partial charge in [0.05, 0.1) is 31.4 Å². The topological polar surface area (TPSA) is 50.5 Å². The van der Waals surface area contributed by atoms with Crippen LogP contribution in [-0.4, -0.2) is 12.1 Å². The number of aromatic amines is 1. The monoisotopic (exact) mass is 407 g/mol. The highest BCUT2D eigenvalue weighted by molar-refractivity contribution is 7.73. The predicted molar refractivity (Wildman–Crippen MR) is 114 cm³/mol. The predicted octanol–water partition coefficient (Wildman–Crippen LogP) is 7.37. The molecule has 4 nitrogen and oxygen atoms in total. The molecule has 0 saturated carbocycles. The van der Waals surface area contributed by atoms with Crippen LogP contribution in [0.1, 0.15) is 1.37 Å². The Balaban J connectivity index is 0.000000410. The van der Waals surface area contributed by atoms with Gasteiger partial charge in [0.25, 0.3) is 0 Å². The summed E-state index contributed by atoms with van der Waals surface area (Å²) in [6.45, 7) is 19.5. The number of hydrogen-bond acceptors (Lipinski definition) is 3. The lowest BCUT2D eigenvalue weighted by Gasteiger charge is -1.95. The second-order valence-corrected chi connectivity index (χ2v) is 6.25. The van der Waals surface area contributed by atoms with Crippen molar-refractivity contribution in [3.8, 4) is 0 Å². The highest BCUT2D eigenvalue weighted by atomic mass is 35.5. The van der Waals surface area contributed by atoms with Crippen LogP contribution in [0.5, 0.6) is 0 Å². The summed E-state index contributed by atoms with van der Waals surface area (Å²) in [6, 6.07) is 10.3. The number of rotatable bonds is 0. The van der Waals surface area contributed by atoms with Crippen molar-refractivity contribution in [3.05, 3.63) is 81.4 Å². The Labute approximate surface area is 167 Å². The number of fused-ring (bicyclic) bond motifs is 1. The molecule has 0 radical (unpaired) electrons. The van der Waals surface area contributed by atoms with Crippen molar-refractivity contribution in [2.45, 2.75) is 0 Å². The molecule has 0 bridgehead atoms. The number of hydrogen-bond donors (Lipinski definition) is 2. The molecule has 0 atom stereocenters. The van der Waals surface area contributed by atoms with Gasteiger partial charge in [0.15, 0.2) is 15.3 Å². The van der Waals surface area contributed by atoms with Crippen molar-refractivity contribution in [1.82, 2.24) is 4.98 Å². The Morgan fingerprint density at radius 1 is 1.23 bits per heavy atom. The third-order valence-electron chi connectivity index (χ3n) is 2.64. The van der Waals surface area contributed by atoms with E-state index in [4.69, 9.17) is 44.1 Å². The molecule has 134 valence electrons. The molecule has 26 heavy (non-hydrogen) atoms. The zero-order valence-corrected chi connectivity index (χ0v) is 16.0. The fourth-order valence-corrected chi connectivity index (χ4v) is 2.82. The summed E-state index contributed by atoms with van der Waals surface area (Å²) in [6.07, 6.45) is 0. The van der Waals surface area contributed by atoms with Gasteiger partial charge in [-0.3, -0.25) is 4.39 Å². The van der Waals surface area contributed by atoms with Crippen LogP contribution in [0.4, 0.5) is 21.5 Å². The van der Waals surface area contributed by atoms with E-state index < -0.39 is 7.15 Å². The third-order valence-corrected chi connectivity index (χ3v) is 4.20. The highest BCUT2D eigenvalue weighted by Crippen LogP contribution is 2.24. The molecule has 3 aromatic rings. The van der Waals surface area contributed by atoms with Gasteiger partial charge in [0, 0.05) is 11.2 Å². The van der Waals surface area contributed by atoms with E-state index in [1.165, 1.54) is 11.3 Å². The third kappa shape index (κ3) is 7.04. The zero-order chi connectivity index (χ0) is 20.8. The minimum atomic E-state index is -1.00. The molecule has 0 aliphatic carbocycles. The Kier molecular flexibility index (Phi) is 10.4. The van der Waals surface area contributed by atoms with Crippen LogP contribution in [0, 0.1) is 17.1 Å². The largest absolute Gasteiger partial charge is 0.399 e. The second kappa shape index (κ2) is 12.6. The lowest BCUT2D eigenvalue weighted by Crippen LogP contribution is -1.83. The van der Waals surface area contributed by atoms with Gasteiger partial charge >= 0.3 is 0 Å². The summed E-state index contributed by atoms with van der Waals surface area (Å²) in [5, 5.41) is 0.493. The maximum absolute atomic E-state index is 9.96. The number of nitrogens with zero attached hydrogens (tertiary/aromatic N) is 2. The van der Waals surface area contributed by atoms with E-state index in [1.807, 2.05) is 12.1 Å². The summed E-state index contributed by atoms with van der Waals surface area (Å²) < 4.78 is 17.4. The van der Waals surface area contributed by atoms with Crippen molar-refractivity contribution in [3.63, 3.8) is 0 Å². The normalized spacial score (nSPS) is 8.85. The number of benzene rings is 2. The number of H-pyrrole nitrogens is 1. The van der Waals surface area contributed by atoms with Crippen molar-refractivity contribution in [1.29, 1.82) is 0 Å².